The molecule has 2 fully saturated rings. The van der Waals surface area contributed by atoms with Gasteiger partial charge in [-0.1, -0.05) is 0 Å². The molecule has 6 rings (SSSR count). The van der Waals surface area contributed by atoms with Crippen molar-refractivity contribution >= 4 is 22.8 Å². The quantitative estimate of drug-likeness (QED) is 0.382. The number of ether oxygens (including phenoxy) is 2. The Morgan fingerprint density at radius 2 is 1.26 bits per heavy atom. The molecular formula is C28H31N5O2. The zero-order chi connectivity index (χ0) is 23.8. The summed E-state index contributed by atoms with van der Waals surface area (Å²) in [7, 11) is 3.39. The van der Waals surface area contributed by atoms with E-state index < -0.39 is 0 Å². The number of methoxy groups -OCH3 is 2. The SMILES string of the molecule is COc1ccc(-c2cc3c(N4CCCC4)nc(N4CCCC4)nc3n2-c2ccc(OC)cc2)cc1. The maximum Gasteiger partial charge on any atom is 0.229 e. The van der Waals surface area contributed by atoms with Gasteiger partial charge in [-0.15, -0.1) is 0 Å². The smallest absolute Gasteiger partial charge is 0.229 e. The van der Waals surface area contributed by atoms with E-state index in [1.807, 2.05) is 24.3 Å². The van der Waals surface area contributed by atoms with Gasteiger partial charge in [-0.05, 0) is 85.8 Å². The number of benzene rings is 2. The number of rotatable bonds is 6. The highest BCUT2D eigenvalue weighted by atomic mass is 16.5. The van der Waals surface area contributed by atoms with Gasteiger partial charge in [0.25, 0.3) is 0 Å². The van der Waals surface area contributed by atoms with Gasteiger partial charge in [0.2, 0.25) is 5.95 Å². The third kappa shape index (κ3) is 3.95. The lowest BCUT2D eigenvalue weighted by molar-refractivity contribution is 0.414. The summed E-state index contributed by atoms with van der Waals surface area (Å²) in [6.45, 7) is 4.10. The summed E-state index contributed by atoms with van der Waals surface area (Å²) >= 11 is 0. The van der Waals surface area contributed by atoms with Gasteiger partial charge in [0, 0.05) is 31.9 Å². The summed E-state index contributed by atoms with van der Waals surface area (Å²) in [5.41, 5.74) is 4.18. The largest absolute Gasteiger partial charge is 0.497 e. The first-order chi connectivity index (χ1) is 17.2. The molecule has 35 heavy (non-hydrogen) atoms. The Labute approximate surface area is 205 Å². The van der Waals surface area contributed by atoms with Crippen LogP contribution in [0.1, 0.15) is 25.7 Å². The highest BCUT2D eigenvalue weighted by Gasteiger charge is 2.25. The Balaban J connectivity index is 1.61. The average molecular weight is 470 g/mol. The molecule has 2 aliphatic heterocycles. The molecule has 0 atom stereocenters. The number of hydrogen-bond donors (Lipinski definition) is 0. The number of anilines is 2. The van der Waals surface area contributed by atoms with Gasteiger partial charge in [0.1, 0.15) is 17.3 Å². The fourth-order valence-corrected chi connectivity index (χ4v) is 5.25. The van der Waals surface area contributed by atoms with Crippen LogP contribution in [0.4, 0.5) is 11.8 Å². The van der Waals surface area contributed by atoms with Crippen LogP contribution < -0.4 is 19.3 Å². The molecule has 0 amide bonds. The van der Waals surface area contributed by atoms with Gasteiger partial charge in [-0.3, -0.25) is 4.57 Å². The number of nitrogens with zero attached hydrogens (tertiary/aromatic N) is 5. The lowest BCUT2D eigenvalue weighted by Gasteiger charge is -2.22. The van der Waals surface area contributed by atoms with Crippen LogP contribution in [0, 0.1) is 0 Å². The average Bonchev–Trinajstić information content (AvgIpc) is 3.69. The van der Waals surface area contributed by atoms with Crippen molar-refractivity contribution in [3.05, 3.63) is 54.6 Å². The van der Waals surface area contributed by atoms with Gasteiger partial charge in [0.05, 0.1) is 25.3 Å². The summed E-state index contributed by atoms with van der Waals surface area (Å²) in [6.07, 6.45) is 4.79. The van der Waals surface area contributed by atoms with E-state index in [0.29, 0.717) is 0 Å². The summed E-state index contributed by atoms with van der Waals surface area (Å²) in [5.74, 6) is 3.57. The summed E-state index contributed by atoms with van der Waals surface area (Å²) in [5, 5.41) is 1.09. The Morgan fingerprint density at radius 1 is 0.686 bits per heavy atom. The lowest BCUT2D eigenvalue weighted by atomic mass is 10.1. The molecule has 2 aromatic heterocycles. The molecule has 2 saturated heterocycles. The minimum Gasteiger partial charge on any atom is -0.497 e. The molecule has 2 aliphatic rings. The van der Waals surface area contributed by atoms with E-state index in [9.17, 15) is 0 Å². The molecule has 180 valence electrons. The topological polar surface area (TPSA) is 55.7 Å². The second-order valence-electron chi connectivity index (χ2n) is 9.26. The molecule has 4 heterocycles. The maximum atomic E-state index is 5.43. The van der Waals surface area contributed by atoms with Gasteiger partial charge in [-0.25, -0.2) is 0 Å². The molecule has 0 aliphatic carbocycles. The van der Waals surface area contributed by atoms with Crippen LogP contribution in [-0.2, 0) is 0 Å². The van der Waals surface area contributed by atoms with Crippen molar-refractivity contribution < 1.29 is 9.47 Å². The van der Waals surface area contributed by atoms with Crippen molar-refractivity contribution in [2.75, 3.05) is 50.2 Å². The number of hydrogen-bond acceptors (Lipinski definition) is 6. The van der Waals surface area contributed by atoms with E-state index in [2.05, 4.69) is 44.7 Å². The van der Waals surface area contributed by atoms with Crippen molar-refractivity contribution in [1.29, 1.82) is 0 Å². The van der Waals surface area contributed by atoms with Crippen LogP contribution in [0.25, 0.3) is 28.0 Å². The predicted molar refractivity (Wildman–Crippen MR) is 140 cm³/mol. The van der Waals surface area contributed by atoms with E-state index in [1.54, 1.807) is 14.2 Å². The molecule has 7 nitrogen and oxygen atoms in total. The van der Waals surface area contributed by atoms with Crippen LogP contribution in [0.5, 0.6) is 11.5 Å². The fraction of sp³-hybridized carbons (Fsp3) is 0.357. The van der Waals surface area contributed by atoms with Crippen molar-refractivity contribution in [1.82, 2.24) is 14.5 Å². The molecule has 4 aromatic rings. The number of aromatic nitrogens is 3. The van der Waals surface area contributed by atoms with Crippen LogP contribution >= 0.6 is 0 Å². The van der Waals surface area contributed by atoms with E-state index in [-0.39, 0.29) is 0 Å². The first-order valence-electron chi connectivity index (χ1n) is 12.5. The monoisotopic (exact) mass is 469 g/mol. The zero-order valence-electron chi connectivity index (χ0n) is 20.4. The second-order valence-corrected chi connectivity index (χ2v) is 9.26. The van der Waals surface area contributed by atoms with E-state index in [0.717, 1.165) is 77.4 Å². The standard InChI is InChI=1S/C28H31N5O2/c1-34-22-11-7-20(8-12-22)25-19-24-26(31-15-3-4-16-31)29-28(32-17-5-6-18-32)30-27(24)33(25)21-9-13-23(35-2)14-10-21/h7-14,19H,3-6,15-18H2,1-2H3. The Kier molecular flexibility index (Phi) is 5.68. The van der Waals surface area contributed by atoms with Crippen LogP contribution in [0.2, 0.25) is 0 Å². The Morgan fingerprint density at radius 3 is 1.86 bits per heavy atom. The molecule has 0 unspecified atom stereocenters. The molecule has 0 saturated carbocycles. The van der Waals surface area contributed by atoms with Crippen molar-refractivity contribution in [3.8, 4) is 28.4 Å². The maximum absolute atomic E-state index is 5.43. The highest BCUT2D eigenvalue weighted by molar-refractivity contribution is 5.95. The first kappa shape index (κ1) is 21.8. The molecule has 0 radical (unpaired) electrons. The Bertz CT molecular complexity index is 1320. The van der Waals surface area contributed by atoms with Crippen LogP contribution in [-0.4, -0.2) is 54.9 Å². The number of fused-ring (bicyclic) bond motifs is 1. The minimum atomic E-state index is 0.835. The van der Waals surface area contributed by atoms with Gasteiger partial charge in [-0.2, -0.15) is 9.97 Å². The van der Waals surface area contributed by atoms with Crippen LogP contribution in [0.15, 0.2) is 54.6 Å². The molecule has 0 N–H and O–H groups in total. The zero-order valence-corrected chi connectivity index (χ0v) is 20.4. The molecule has 2 aromatic carbocycles. The van der Waals surface area contributed by atoms with Gasteiger partial charge >= 0.3 is 0 Å². The normalized spacial score (nSPS) is 15.8. The van der Waals surface area contributed by atoms with E-state index in [1.165, 1.54) is 25.7 Å². The molecular weight excluding hydrogens is 438 g/mol. The highest BCUT2D eigenvalue weighted by Crippen LogP contribution is 2.38. The summed E-state index contributed by atoms with van der Waals surface area (Å²) in [6, 6.07) is 18.7. The van der Waals surface area contributed by atoms with E-state index >= 15 is 0 Å². The van der Waals surface area contributed by atoms with Crippen molar-refractivity contribution in [2.45, 2.75) is 25.7 Å². The summed E-state index contributed by atoms with van der Waals surface area (Å²) in [4.78, 5) is 15.1. The molecule has 0 spiro atoms. The Hall–Kier alpha value is -3.74. The molecule has 0 bridgehead atoms. The molecule has 7 heteroatoms. The first-order valence-corrected chi connectivity index (χ1v) is 12.5. The van der Waals surface area contributed by atoms with Gasteiger partial charge in [0.15, 0.2) is 5.65 Å². The third-order valence-electron chi connectivity index (χ3n) is 7.14. The third-order valence-corrected chi connectivity index (χ3v) is 7.14. The lowest BCUT2D eigenvalue weighted by Crippen LogP contribution is -2.24. The van der Waals surface area contributed by atoms with Crippen molar-refractivity contribution in [3.63, 3.8) is 0 Å². The van der Waals surface area contributed by atoms with Gasteiger partial charge < -0.3 is 19.3 Å². The second kappa shape index (κ2) is 9.13. The summed E-state index contributed by atoms with van der Waals surface area (Å²) < 4.78 is 13.1. The minimum absolute atomic E-state index is 0.835. The predicted octanol–water partition coefficient (Wildman–Crippen LogP) is 5.31. The van der Waals surface area contributed by atoms with Crippen LogP contribution in [0.3, 0.4) is 0 Å². The fourth-order valence-electron chi connectivity index (χ4n) is 5.25. The van der Waals surface area contributed by atoms with Crippen molar-refractivity contribution in [2.24, 2.45) is 0 Å². The van der Waals surface area contributed by atoms with E-state index in [4.69, 9.17) is 19.4 Å².